The molecule has 1 aromatic rings. The molecule has 2 atom stereocenters. The van der Waals surface area contributed by atoms with Crippen molar-refractivity contribution in [2.45, 2.75) is 22.7 Å². The Morgan fingerprint density at radius 3 is 1.23 bits per heavy atom. The van der Waals surface area contributed by atoms with Crippen LogP contribution < -0.4 is 0 Å². The molecule has 1 aliphatic rings. The first-order valence-corrected chi connectivity index (χ1v) is 7.99. The number of benzene rings is 1. The van der Waals surface area contributed by atoms with Gasteiger partial charge in [0.25, 0.3) is 0 Å². The summed E-state index contributed by atoms with van der Waals surface area (Å²) in [6.45, 7) is 38.2. The third-order valence-electron chi connectivity index (χ3n) is 2.55. The van der Waals surface area contributed by atoms with E-state index < -0.39 is 0 Å². The quantitative estimate of drug-likeness (QED) is 0.267. The van der Waals surface area contributed by atoms with E-state index in [-0.39, 0.29) is 25.6 Å². The fourth-order valence-corrected chi connectivity index (χ4v) is 4.46. The van der Waals surface area contributed by atoms with Gasteiger partial charge in [0, 0.05) is 21.1 Å². The van der Waals surface area contributed by atoms with E-state index in [1.54, 1.807) is 0 Å². The average Bonchev–Trinajstić information content (AvgIpc) is 2.87. The molecule has 2 rings (SSSR count). The van der Waals surface area contributed by atoms with Gasteiger partial charge in [-0.3, -0.25) is 0 Å². The summed E-state index contributed by atoms with van der Waals surface area (Å²) in [6.07, 6.45) is 1.19. The topological polar surface area (TPSA) is 168 Å². The molecule has 1 aromatic carbocycles. The maximum absolute atomic E-state index is 7.50. The molecule has 0 bridgehead atoms. The molecule has 0 spiro atoms. The number of rotatable bonds is 2. The molecular weight excluding hydrogens is 635 g/mol. The van der Waals surface area contributed by atoms with Crippen LogP contribution in [0.4, 0.5) is 0 Å². The van der Waals surface area contributed by atoms with Gasteiger partial charge in [0.15, 0.2) is 0 Å². The van der Waals surface area contributed by atoms with Crippen molar-refractivity contribution in [2.75, 3.05) is 7.11 Å². The summed E-state index contributed by atoms with van der Waals surface area (Å²) in [5.41, 5.74) is 1.48. The van der Waals surface area contributed by atoms with Crippen LogP contribution >= 0.6 is 0 Å². The molecule has 1 saturated heterocycles. The van der Waals surface area contributed by atoms with Gasteiger partial charge in [-0.25, -0.2) is 0 Å². The van der Waals surface area contributed by atoms with Crippen LogP contribution in [0.25, 0.3) is 0 Å². The fraction of sp³-hybridized carbons (Fsp3) is 0.263. The third kappa shape index (κ3) is 31.0. The van der Waals surface area contributed by atoms with Crippen molar-refractivity contribution >= 4 is 15.0 Å². The number of hydrogen-bond acceptors (Lipinski definition) is 1. The van der Waals surface area contributed by atoms with Crippen LogP contribution in [-0.4, -0.2) is 26.6 Å². The van der Waals surface area contributed by atoms with Gasteiger partial charge in [-0.2, -0.15) is 0 Å². The number of ether oxygens (including phenoxy) is 1. The zero-order chi connectivity index (χ0) is 25.3. The van der Waals surface area contributed by atoms with Gasteiger partial charge in [0.1, 0.15) is 0 Å². The van der Waals surface area contributed by atoms with Crippen LogP contribution in [0.15, 0.2) is 30.3 Å². The Morgan fingerprint density at radius 2 is 1.00 bits per heavy atom. The summed E-state index contributed by atoms with van der Waals surface area (Å²) in [4.78, 5) is 0.777. The van der Waals surface area contributed by atoms with Gasteiger partial charge in [-0.1, -0.05) is 0 Å². The van der Waals surface area contributed by atoms with Gasteiger partial charge in [0.2, 0.25) is 0 Å². The fourth-order valence-electron chi connectivity index (χ4n) is 1.61. The van der Waals surface area contributed by atoms with Gasteiger partial charge in [-0.05, 0) is 0 Å². The maximum Gasteiger partial charge on any atom is 0 e. The summed E-state index contributed by atoms with van der Waals surface area (Å²) in [5.74, 6) is 0. The third-order valence-corrected chi connectivity index (χ3v) is 5.81. The van der Waals surface area contributed by atoms with Crippen LogP contribution in [0.5, 0.6) is 0 Å². The molecular formula is C19H14O9SeW. The second-order valence-electron chi connectivity index (χ2n) is 3.56. The molecule has 0 saturated carbocycles. The van der Waals surface area contributed by atoms with Gasteiger partial charge in [-0.15, -0.1) is 0 Å². The molecule has 30 heavy (non-hydrogen) atoms. The van der Waals surface area contributed by atoms with E-state index >= 15 is 0 Å². The van der Waals surface area contributed by atoms with E-state index in [0.29, 0.717) is 15.0 Å². The SMILES string of the molecule is CO[C@@]1(C)C[C@H](c2ccccc2)[Se]1.[C-]#[O+].[C-]#[O+].[C-]#[O+].[C-]#[O+].[C-]#[O+].[C-]#[O+].[C-]#[O+].[C-]#[O+].[W]. The first-order valence-electron chi connectivity index (χ1n) is 6.15. The minimum Gasteiger partial charge on any atom is 0 e. The molecule has 0 aromatic heterocycles. The minimum absolute atomic E-state index is 0. The van der Waals surface area contributed by atoms with Crippen molar-refractivity contribution in [3.8, 4) is 0 Å². The summed E-state index contributed by atoms with van der Waals surface area (Å²) in [6, 6.07) is 10.8. The van der Waals surface area contributed by atoms with E-state index in [2.05, 4.69) is 90.5 Å². The Labute approximate surface area is 196 Å². The molecule has 11 heteroatoms. The second kappa shape index (κ2) is 56.4. The molecule has 1 fully saturated rings. The van der Waals surface area contributed by atoms with Crippen molar-refractivity contribution in [1.29, 1.82) is 0 Å². The number of methoxy groups -OCH3 is 1. The molecule has 1 aliphatic heterocycles. The summed E-state index contributed by atoms with van der Waals surface area (Å²) < 4.78 is 65.7. The largest absolute Gasteiger partial charge is 0 e. The first-order chi connectivity index (χ1) is 14.2. The molecule has 0 radical (unpaired) electrons. The average molecular weight is 649 g/mol. The Morgan fingerprint density at radius 1 is 0.733 bits per heavy atom. The summed E-state index contributed by atoms with van der Waals surface area (Å²) in [5, 5.41) is 0. The monoisotopic (exact) mass is 650 g/mol. The van der Waals surface area contributed by atoms with E-state index in [4.69, 9.17) is 42.0 Å². The molecule has 1 heterocycles. The van der Waals surface area contributed by atoms with Gasteiger partial charge >= 0.3 is 176 Å². The normalized spacial score (nSPS) is 14.7. The summed E-state index contributed by atoms with van der Waals surface area (Å²) >= 11 is 0.600. The van der Waals surface area contributed by atoms with Gasteiger partial charge < -0.3 is 0 Å². The van der Waals surface area contributed by atoms with Crippen LogP contribution in [0.1, 0.15) is 23.7 Å². The Hall–Kier alpha value is -1.69. The molecule has 156 valence electrons. The zero-order valence-corrected chi connectivity index (χ0v) is 20.3. The molecule has 0 N–H and O–H groups in total. The van der Waals surface area contributed by atoms with E-state index in [1.165, 1.54) is 12.0 Å². The van der Waals surface area contributed by atoms with Crippen LogP contribution in [0.3, 0.4) is 0 Å². The maximum atomic E-state index is 7.50. The minimum atomic E-state index is 0. The van der Waals surface area contributed by atoms with E-state index in [9.17, 15) is 0 Å². The van der Waals surface area contributed by atoms with Crippen LogP contribution in [0, 0.1) is 53.2 Å². The van der Waals surface area contributed by atoms with E-state index in [0.717, 1.165) is 4.82 Å². The smallest absolute Gasteiger partial charge is 0 e. The van der Waals surface area contributed by atoms with Gasteiger partial charge in [0.05, 0.1) is 0 Å². The molecule has 0 amide bonds. The molecule has 9 nitrogen and oxygen atoms in total. The van der Waals surface area contributed by atoms with Crippen molar-refractivity contribution in [3.63, 3.8) is 0 Å². The van der Waals surface area contributed by atoms with Crippen molar-refractivity contribution in [1.82, 2.24) is 0 Å². The van der Waals surface area contributed by atoms with Crippen LogP contribution in [-0.2, 0) is 63.0 Å². The van der Waals surface area contributed by atoms with Crippen LogP contribution in [0.2, 0.25) is 0 Å². The van der Waals surface area contributed by atoms with E-state index in [1.807, 2.05) is 7.11 Å². The van der Waals surface area contributed by atoms with Crippen molar-refractivity contribution in [2.24, 2.45) is 0 Å². The first kappa shape index (κ1) is 51.2. The van der Waals surface area contributed by atoms with Crippen molar-refractivity contribution in [3.05, 3.63) is 89.1 Å². The molecule has 0 unspecified atom stereocenters. The Kier molecular flexibility index (Phi) is 96.2. The molecule has 0 aliphatic carbocycles. The predicted molar refractivity (Wildman–Crippen MR) is 86.4 cm³/mol. The Balaban J connectivity index is -0.0000000407. The predicted octanol–water partition coefficient (Wildman–Crippen LogP) is 1.90. The number of hydrogen-bond donors (Lipinski definition) is 0. The summed E-state index contributed by atoms with van der Waals surface area (Å²) in [7, 11) is 1.82. The standard InChI is InChI=1S/C11H14OSe.8CO.W/c1-11(12-2)8-10(13-11)9-6-4-3-5-7-9;8*1-2;/h3-7,10H,8H2,1-2H3;;;;;;;;;/t10-,11-;;;;;;;;;/m1........./s1. The second-order valence-corrected chi connectivity index (χ2v) is 7.06. The zero-order valence-electron chi connectivity index (χ0n) is 15.7. The Bertz CT molecular complexity index is 524. The van der Waals surface area contributed by atoms with Crippen molar-refractivity contribution < 1.29 is 63.0 Å².